The molecular formula is C29H26FN3O8S. The number of ether oxygens (including phenoxy) is 1. The van der Waals surface area contributed by atoms with Gasteiger partial charge in [-0.15, -0.1) is 0 Å². The van der Waals surface area contributed by atoms with E-state index in [-0.39, 0.29) is 40.7 Å². The van der Waals surface area contributed by atoms with Gasteiger partial charge < -0.3 is 14.5 Å². The Balaban J connectivity index is 1.62. The number of esters is 1. The molecule has 218 valence electrons. The van der Waals surface area contributed by atoms with Crippen molar-refractivity contribution in [1.82, 2.24) is 5.32 Å². The average molecular weight is 596 g/mol. The topological polar surface area (TPSA) is 149 Å². The van der Waals surface area contributed by atoms with Gasteiger partial charge in [-0.2, -0.15) is 0 Å². The SMILES string of the molecule is CNC(=O)c1c(-c2ccc(F)cc2)oc2cc(CN(c3ccc([N+](=O)[O-])c(CC(=O)OC)c3)[SH](=O)=O)c(C3CC3)cc12. The first-order valence-corrected chi connectivity index (χ1v) is 14.1. The second-order valence-electron chi connectivity index (χ2n) is 9.83. The third-order valence-electron chi connectivity index (χ3n) is 7.17. The Morgan fingerprint density at radius 3 is 2.43 bits per heavy atom. The number of fused-ring (bicyclic) bond motifs is 1. The summed E-state index contributed by atoms with van der Waals surface area (Å²) in [5.41, 5.74) is 2.39. The Labute approximate surface area is 241 Å². The molecule has 4 aromatic rings. The minimum atomic E-state index is -3.22. The van der Waals surface area contributed by atoms with Crippen molar-refractivity contribution in [3.8, 4) is 11.3 Å². The highest BCUT2D eigenvalue weighted by Crippen LogP contribution is 2.45. The molecule has 3 aromatic carbocycles. The van der Waals surface area contributed by atoms with Gasteiger partial charge in [0.15, 0.2) is 0 Å². The number of rotatable bonds is 10. The van der Waals surface area contributed by atoms with Gasteiger partial charge in [-0.1, -0.05) is 0 Å². The summed E-state index contributed by atoms with van der Waals surface area (Å²) >= 11 is 0. The number of hydrogen-bond acceptors (Lipinski definition) is 8. The lowest BCUT2D eigenvalue weighted by Crippen LogP contribution is -2.22. The molecule has 1 aliphatic rings. The molecule has 1 fully saturated rings. The maximum absolute atomic E-state index is 13.6. The Morgan fingerprint density at radius 1 is 1.12 bits per heavy atom. The van der Waals surface area contributed by atoms with E-state index in [2.05, 4.69) is 10.1 Å². The lowest BCUT2D eigenvalue weighted by Gasteiger charge is -2.20. The lowest BCUT2D eigenvalue weighted by atomic mass is 9.97. The number of methoxy groups -OCH3 is 1. The Bertz CT molecular complexity index is 1790. The quantitative estimate of drug-likeness (QED) is 0.117. The van der Waals surface area contributed by atoms with E-state index in [0.717, 1.165) is 35.9 Å². The second kappa shape index (κ2) is 11.6. The first-order valence-electron chi connectivity index (χ1n) is 12.9. The van der Waals surface area contributed by atoms with E-state index in [9.17, 15) is 32.5 Å². The zero-order valence-electron chi connectivity index (χ0n) is 22.6. The smallest absolute Gasteiger partial charge is 0.310 e. The van der Waals surface area contributed by atoms with Crippen LogP contribution in [-0.2, 0) is 33.4 Å². The zero-order valence-corrected chi connectivity index (χ0v) is 23.5. The standard InChI is InChI=1S/C29H26FN3O8S/c1-31-29(35)27-23-14-22(16-3-4-16)19(12-25(23)41-28(27)17-5-7-20(30)8-6-17)15-32(42(38)39)21-9-10-24(33(36)37)18(11-21)13-26(34)40-2/h5-12,14,16,42H,3-4,13,15H2,1-2H3,(H,31,35). The van der Waals surface area contributed by atoms with E-state index in [4.69, 9.17) is 4.42 Å². The molecular weight excluding hydrogens is 569 g/mol. The largest absolute Gasteiger partial charge is 0.469 e. The summed E-state index contributed by atoms with van der Waals surface area (Å²) in [5.74, 6) is -1.16. The van der Waals surface area contributed by atoms with Gasteiger partial charge in [-0.25, -0.2) is 12.8 Å². The van der Waals surface area contributed by atoms with Crippen molar-refractivity contribution in [2.45, 2.75) is 31.7 Å². The van der Waals surface area contributed by atoms with Gasteiger partial charge >= 0.3 is 5.97 Å². The minimum absolute atomic E-state index is 0.00858. The average Bonchev–Trinajstić information content (AvgIpc) is 3.75. The number of nitrogens with one attached hydrogen (secondary N) is 1. The molecule has 13 heteroatoms. The van der Waals surface area contributed by atoms with Gasteiger partial charge in [0.25, 0.3) is 11.6 Å². The number of halogens is 1. The van der Waals surface area contributed by atoms with Crippen LogP contribution in [0.4, 0.5) is 15.8 Å². The number of hydrogen-bond donors (Lipinski definition) is 2. The van der Waals surface area contributed by atoms with Crippen LogP contribution in [0.5, 0.6) is 0 Å². The maximum atomic E-state index is 13.6. The summed E-state index contributed by atoms with van der Waals surface area (Å²) in [7, 11) is -0.570. The monoisotopic (exact) mass is 595 g/mol. The number of furan rings is 1. The number of carbonyl (C=O) groups excluding carboxylic acids is 2. The van der Waals surface area contributed by atoms with Crippen molar-refractivity contribution >= 4 is 45.1 Å². The summed E-state index contributed by atoms with van der Waals surface area (Å²) in [6.45, 7) is -0.127. The molecule has 1 saturated carbocycles. The van der Waals surface area contributed by atoms with E-state index in [1.807, 2.05) is 6.07 Å². The molecule has 0 radical (unpaired) electrons. The lowest BCUT2D eigenvalue weighted by molar-refractivity contribution is -0.385. The van der Waals surface area contributed by atoms with E-state index in [1.165, 1.54) is 43.4 Å². The molecule has 1 amide bonds. The Kier molecular flexibility index (Phi) is 7.94. The van der Waals surface area contributed by atoms with Crippen molar-refractivity contribution < 1.29 is 36.5 Å². The highest BCUT2D eigenvalue weighted by atomic mass is 32.2. The molecule has 0 unspecified atom stereocenters. The summed E-state index contributed by atoms with van der Waals surface area (Å²) in [4.78, 5) is 35.8. The molecule has 0 saturated heterocycles. The van der Waals surface area contributed by atoms with E-state index in [1.54, 1.807) is 6.07 Å². The van der Waals surface area contributed by atoms with Crippen LogP contribution in [0.15, 0.2) is 59.0 Å². The summed E-state index contributed by atoms with van der Waals surface area (Å²) in [6.07, 6.45) is 1.34. The van der Waals surface area contributed by atoms with Crippen LogP contribution in [0.2, 0.25) is 0 Å². The summed E-state index contributed by atoms with van der Waals surface area (Å²) < 4.78 is 50.5. The third kappa shape index (κ3) is 5.68. The number of thiol groups is 1. The molecule has 0 bridgehead atoms. The number of anilines is 1. The van der Waals surface area contributed by atoms with Crippen LogP contribution in [0.3, 0.4) is 0 Å². The fraction of sp³-hybridized carbons (Fsp3) is 0.241. The maximum Gasteiger partial charge on any atom is 0.310 e. The van der Waals surface area contributed by atoms with Gasteiger partial charge in [-0.3, -0.25) is 24.0 Å². The number of amides is 1. The number of carbonyl (C=O) groups is 2. The number of nitro benzene ring substituents is 1. The van der Waals surface area contributed by atoms with E-state index < -0.39 is 39.9 Å². The molecule has 1 heterocycles. The number of nitrogens with zero attached hydrogens (tertiary/aromatic N) is 2. The van der Waals surface area contributed by atoms with E-state index in [0.29, 0.717) is 22.1 Å². The second-order valence-corrected chi connectivity index (χ2v) is 10.8. The van der Waals surface area contributed by atoms with E-state index >= 15 is 0 Å². The fourth-order valence-electron chi connectivity index (χ4n) is 4.95. The molecule has 11 nitrogen and oxygen atoms in total. The van der Waals surface area contributed by atoms with Crippen molar-refractivity contribution in [3.63, 3.8) is 0 Å². The van der Waals surface area contributed by atoms with Gasteiger partial charge in [0.2, 0.25) is 10.9 Å². The molecule has 0 spiro atoms. The predicted molar refractivity (Wildman–Crippen MR) is 152 cm³/mol. The number of benzene rings is 3. The molecule has 0 atom stereocenters. The predicted octanol–water partition coefficient (Wildman–Crippen LogP) is 4.63. The van der Waals surface area contributed by atoms with Gasteiger partial charge in [-0.05, 0) is 78.4 Å². The van der Waals surface area contributed by atoms with Crippen molar-refractivity contribution in [3.05, 3.63) is 92.8 Å². The normalized spacial score (nSPS) is 12.9. The van der Waals surface area contributed by atoms with Gasteiger partial charge in [0.05, 0.1) is 36.2 Å². The summed E-state index contributed by atoms with van der Waals surface area (Å²) in [5, 5.41) is 14.7. The highest BCUT2D eigenvalue weighted by Gasteiger charge is 2.31. The molecule has 0 aliphatic heterocycles. The van der Waals surface area contributed by atoms with Gasteiger partial charge in [0.1, 0.15) is 17.2 Å². The minimum Gasteiger partial charge on any atom is -0.469 e. The van der Waals surface area contributed by atoms with Crippen LogP contribution in [0.25, 0.3) is 22.3 Å². The molecule has 1 aliphatic carbocycles. The fourth-order valence-corrected chi connectivity index (χ4v) is 5.53. The molecule has 1 aromatic heterocycles. The molecule has 1 N–H and O–H groups in total. The van der Waals surface area contributed by atoms with Crippen LogP contribution in [-0.4, -0.2) is 39.4 Å². The van der Waals surface area contributed by atoms with Crippen LogP contribution in [0.1, 0.15) is 45.8 Å². The van der Waals surface area contributed by atoms with Crippen LogP contribution >= 0.6 is 0 Å². The molecule has 5 rings (SSSR count). The highest BCUT2D eigenvalue weighted by molar-refractivity contribution is 7.74. The van der Waals surface area contributed by atoms with Crippen molar-refractivity contribution in [2.75, 3.05) is 18.5 Å². The van der Waals surface area contributed by atoms with Crippen molar-refractivity contribution in [1.29, 1.82) is 0 Å². The van der Waals surface area contributed by atoms with Gasteiger partial charge in [0, 0.05) is 29.6 Å². The molecule has 42 heavy (non-hydrogen) atoms. The number of nitro groups is 1. The summed E-state index contributed by atoms with van der Waals surface area (Å²) in [6, 6.07) is 12.8. The Morgan fingerprint density at radius 2 is 1.83 bits per heavy atom. The van der Waals surface area contributed by atoms with Crippen LogP contribution in [0, 0.1) is 15.9 Å². The van der Waals surface area contributed by atoms with Crippen LogP contribution < -0.4 is 9.62 Å². The zero-order chi connectivity index (χ0) is 30.1. The Hall–Kier alpha value is -4.78. The van der Waals surface area contributed by atoms with Crippen molar-refractivity contribution in [2.24, 2.45) is 0 Å². The first kappa shape index (κ1) is 28.7. The first-order chi connectivity index (χ1) is 20.1. The third-order valence-corrected chi connectivity index (χ3v) is 7.93.